The Morgan fingerprint density at radius 3 is 2.50 bits per heavy atom. The zero-order valence-electron chi connectivity index (χ0n) is 21.0. The Balaban J connectivity index is 1.29. The number of hydrogen-bond acceptors (Lipinski definition) is 14. The van der Waals surface area contributed by atoms with Crippen LogP contribution in [0.15, 0.2) is 24.9 Å². The number of fused-ring (bicyclic) bond motifs is 4. The van der Waals surface area contributed by atoms with Crippen LogP contribution in [0.3, 0.4) is 0 Å². The van der Waals surface area contributed by atoms with Crippen molar-refractivity contribution in [3.8, 4) is 0 Å². The van der Waals surface area contributed by atoms with E-state index in [9.17, 15) is 23.9 Å². The summed E-state index contributed by atoms with van der Waals surface area (Å²) < 4.78 is 77.5. The van der Waals surface area contributed by atoms with Crippen LogP contribution in [0.5, 0.6) is 0 Å². The maximum Gasteiger partial charge on any atom is 0.472 e. The quantitative estimate of drug-likeness (QED) is 0.290. The van der Waals surface area contributed by atoms with Crippen LogP contribution >= 0.6 is 14.5 Å². The molecule has 0 saturated carbocycles. The number of carbonyl (C=O) groups excluding carboxylic acids is 2. The lowest BCUT2D eigenvalue weighted by molar-refractivity contribution is -0.148. The number of rotatable bonds is 2. The van der Waals surface area contributed by atoms with Gasteiger partial charge in [0.15, 0.2) is 42.0 Å². The predicted octanol–water partition coefficient (Wildman–Crippen LogP) is 0.156. The molecule has 22 heteroatoms. The van der Waals surface area contributed by atoms with E-state index in [2.05, 4.69) is 15.0 Å². The van der Waals surface area contributed by atoms with Crippen molar-refractivity contribution >= 4 is 55.0 Å². The maximum absolute atomic E-state index is 15.9. The molecule has 228 valence electrons. The van der Waals surface area contributed by atoms with Gasteiger partial charge >= 0.3 is 14.5 Å². The average Bonchev–Trinajstić information content (AvgIpc) is 3.57. The molecule has 10 atom stereocenters. The van der Waals surface area contributed by atoms with Crippen molar-refractivity contribution in [1.82, 2.24) is 24.4 Å². The SMILES string of the molecule is Nc1ncnc2c1ncn2[C@@H]1O[C@@H]2COP(=O)(O)O[C@@H]3[C@H](F)[C@@H](COP(O)(=S)O[C@H]2[C@H]1F)O[C@H]3N1C=CC(=O)CC1=O. The topological polar surface area (TPSA) is 220 Å². The Morgan fingerprint density at radius 2 is 1.74 bits per heavy atom. The Labute approximate surface area is 239 Å². The summed E-state index contributed by atoms with van der Waals surface area (Å²) in [6.45, 7) is -6.01. The fraction of sp³-hybridized carbons (Fsp3) is 0.550. The number of halogens is 2. The Bertz CT molecular complexity index is 1550. The van der Waals surface area contributed by atoms with E-state index in [1.54, 1.807) is 0 Å². The number of anilines is 1. The van der Waals surface area contributed by atoms with Crippen molar-refractivity contribution < 1.29 is 60.3 Å². The summed E-state index contributed by atoms with van der Waals surface area (Å²) in [4.78, 5) is 58.0. The first-order valence-electron chi connectivity index (χ1n) is 12.2. The van der Waals surface area contributed by atoms with Crippen molar-refractivity contribution in [3.63, 3.8) is 0 Å². The molecule has 2 bridgehead atoms. The van der Waals surface area contributed by atoms with Gasteiger partial charge < -0.3 is 29.5 Å². The van der Waals surface area contributed by atoms with E-state index in [4.69, 9.17) is 45.1 Å². The minimum Gasteiger partial charge on any atom is -0.382 e. The summed E-state index contributed by atoms with van der Waals surface area (Å²) in [5.74, 6) is -1.29. The van der Waals surface area contributed by atoms with Gasteiger partial charge in [-0.25, -0.2) is 28.3 Å². The number of nitrogens with two attached hydrogens (primary N) is 1. The van der Waals surface area contributed by atoms with Crippen LogP contribution in [0.1, 0.15) is 12.6 Å². The molecule has 4 aliphatic rings. The number of amides is 1. The second-order valence-corrected chi connectivity index (χ2v) is 13.7. The number of imidazole rings is 1. The summed E-state index contributed by atoms with van der Waals surface area (Å²) >= 11 is 5.03. The number of phosphoric ester groups is 1. The number of allylic oxidation sites excluding steroid dienone is 1. The molecule has 1 amide bonds. The average molecular weight is 654 g/mol. The van der Waals surface area contributed by atoms with Gasteiger partial charge in [-0.3, -0.25) is 32.6 Å². The molecule has 17 nitrogen and oxygen atoms in total. The smallest absolute Gasteiger partial charge is 0.382 e. The van der Waals surface area contributed by atoms with Crippen molar-refractivity contribution in [2.24, 2.45) is 0 Å². The summed E-state index contributed by atoms with van der Waals surface area (Å²) in [6, 6.07) is 0. The number of carbonyl (C=O) groups is 2. The highest BCUT2D eigenvalue weighted by Crippen LogP contribution is 2.53. The molecule has 3 saturated heterocycles. The molecule has 2 aromatic rings. The highest BCUT2D eigenvalue weighted by atomic mass is 32.5. The van der Waals surface area contributed by atoms with Gasteiger partial charge in [-0.2, -0.15) is 0 Å². The summed E-state index contributed by atoms with van der Waals surface area (Å²) in [6.07, 6.45) is -10.4. The van der Waals surface area contributed by atoms with E-state index in [-0.39, 0.29) is 17.0 Å². The largest absolute Gasteiger partial charge is 0.472 e. The molecular formula is C20H22F2N6O11P2S. The lowest BCUT2D eigenvalue weighted by Gasteiger charge is -2.31. The normalized spacial score (nSPS) is 41.4. The molecule has 4 aliphatic heterocycles. The molecule has 0 aliphatic carbocycles. The number of nitrogen functional groups attached to an aromatic ring is 1. The number of ketones is 1. The molecular weight excluding hydrogens is 632 g/mol. The first-order valence-corrected chi connectivity index (χ1v) is 16.3. The zero-order chi connectivity index (χ0) is 30.0. The third-order valence-corrected chi connectivity index (χ3v) is 9.36. The van der Waals surface area contributed by atoms with E-state index >= 15 is 8.78 Å². The van der Waals surface area contributed by atoms with Gasteiger partial charge in [-0.1, -0.05) is 0 Å². The van der Waals surface area contributed by atoms with E-state index < -0.39 is 95.1 Å². The molecule has 6 heterocycles. The number of alkyl halides is 2. The number of ether oxygens (including phenoxy) is 2. The standard InChI is InChI=1S/C20H22F2N6O11P2S/c21-12-9-4-35-41(33,42)39-15-10(37-19(13(15)22)28-7-26-14-17(23)24-6-25-18(14)28)5-34-40(31,32)38-16(12)20(36-9)27-2-1-8(29)3-11(27)30/h1-2,6-7,9-10,12-13,15-16,19-20H,3-5H2,(H,31,32)(H,33,42)(H2,23,24,25)/t9-,10-,12-,13-,15-,16-,19-,20-,41?/m1/s1. The Hall–Kier alpha value is -2.35. The number of nitrogens with zero attached hydrogens (tertiary/aromatic N) is 5. The van der Waals surface area contributed by atoms with E-state index in [1.165, 1.54) is 10.9 Å². The first-order chi connectivity index (χ1) is 19.8. The third kappa shape index (κ3) is 5.53. The van der Waals surface area contributed by atoms with Crippen molar-refractivity contribution in [2.75, 3.05) is 18.9 Å². The number of hydrogen-bond donors (Lipinski definition) is 3. The Kier molecular flexibility index (Phi) is 7.76. The molecule has 6 rings (SSSR count). The van der Waals surface area contributed by atoms with Crippen LogP contribution in [-0.2, 0) is 53.5 Å². The van der Waals surface area contributed by atoms with Crippen LogP contribution in [0.2, 0.25) is 0 Å². The van der Waals surface area contributed by atoms with Crippen LogP contribution in [-0.4, -0.2) is 102 Å². The van der Waals surface area contributed by atoms with Gasteiger partial charge in [0.25, 0.3) is 0 Å². The van der Waals surface area contributed by atoms with Crippen molar-refractivity contribution in [1.29, 1.82) is 0 Å². The van der Waals surface area contributed by atoms with Gasteiger partial charge in [0.05, 0.1) is 26.0 Å². The van der Waals surface area contributed by atoms with Crippen molar-refractivity contribution in [3.05, 3.63) is 24.9 Å². The van der Waals surface area contributed by atoms with Crippen LogP contribution < -0.4 is 5.73 Å². The third-order valence-electron chi connectivity index (χ3n) is 6.81. The molecule has 0 spiro atoms. The maximum atomic E-state index is 15.9. The van der Waals surface area contributed by atoms with Gasteiger partial charge in [-0.15, -0.1) is 0 Å². The number of aromatic nitrogens is 4. The van der Waals surface area contributed by atoms with Gasteiger partial charge in [-0.05, 0) is 17.9 Å². The lowest BCUT2D eigenvalue weighted by atomic mass is 10.1. The zero-order valence-corrected chi connectivity index (χ0v) is 23.6. The summed E-state index contributed by atoms with van der Waals surface area (Å²) in [7, 11) is -5.17. The summed E-state index contributed by atoms with van der Waals surface area (Å²) in [5.41, 5.74) is 6.04. The van der Waals surface area contributed by atoms with Gasteiger partial charge in [0, 0.05) is 6.20 Å². The van der Waals surface area contributed by atoms with E-state index in [0.717, 1.165) is 23.5 Å². The van der Waals surface area contributed by atoms with Crippen molar-refractivity contribution in [2.45, 2.75) is 55.6 Å². The van der Waals surface area contributed by atoms with E-state index in [0.29, 0.717) is 0 Å². The lowest BCUT2D eigenvalue weighted by Crippen LogP contribution is -2.46. The Morgan fingerprint density at radius 1 is 1.00 bits per heavy atom. The summed E-state index contributed by atoms with van der Waals surface area (Å²) in [5, 5.41) is 0. The second kappa shape index (κ2) is 11.0. The minimum atomic E-state index is -5.17. The fourth-order valence-electron chi connectivity index (χ4n) is 4.88. The van der Waals surface area contributed by atoms with Crippen LogP contribution in [0, 0.1) is 0 Å². The monoisotopic (exact) mass is 654 g/mol. The molecule has 2 aromatic heterocycles. The van der Waals surface area contributed by atoms with Gasteiger partial charge in [0.2, 0.25) is 5.91 Å². The fourth-order valence-corrected chi connectivity index (χ4v) is 7.24. The second-order valence-electron chi connectivity index (χ2n) is 9.53. The first kappa shape index (κ1) is 29.7. The van der Waals surface area contributed by atoms with E-state index in [1.807, 2.05) is 0 Å². The molecule has 4 N–H and O–H groups in total. The predicted molar refractivity (Wildman–Crippen MR) is 136 cm³/mol. The molecule has 0 radical (unpaired) electrons. The van der Waals surface area contributed by atoms with Crippen LogP contribution in [0.25, 0.3) is 11.2 Å². The minimum absolute atomic E-state index is 0.0154. The van der Waals surface area contributed by atoms with Gasteiger partial charge in [0.1, 0.15) is 36.3 Å². The highest BCUT2D eigenvalue weighted by Gasteiger charge is 2.55. The molecule has 3 fully saturated rings. The highest BCUT2D eigenvalue weighted by molar-refractivity contribution is 8.07. The number of phosphoric acid groups is 1. The molecule has 42 heavy (non-hydrogen) atoms. The van der Waals surface area contributed by atoms with Crippen LogP contribution in [0.4, 0.5) is 14.6 Å². The molecule has 0 aromatic carbocycles. The molecule has 2 unspecified atom stereocenters.